The van der Waals surface area contributed by atoms with E-state index in [2.05, 4.69) is 20.4 Å². The molecule has 21 heavy (non-hydrogen) atoms. The number of rotatable bonds is 3. The van der Waals surface area contributed by atoms with Gasteiger partial charge in [0.15, 0.2) is 5.82 Å². The predicted octanol–water partition coefficient (Wildman–Crippen LogP) is 2.04. The highest BCUT2D eigenvalue weighted by Gasteiger charge is 2.43. The van der Waals surface area contributed by atoms with Crippen molar-refractivity contribution in [2.45, 2.75) is 25.7 Å². The fourth-order valence-corrected chi connectivity index (χ4v) is 3.79. The van der Waals surface area contributed by atoms with Gasteiger partial charge in [-0.3, -0.25) is 4.79 Å². The summed E-state index contributed by atoms with van der Waals surface area (Å²) in [6, 6.07) is 3.67. The highest BCUT2D eigenvalue weighted by Crippen LogP contribution is 2.48. The summed E-state index contributed by atoms with van der Waals surface area (Å²) in [6.45, 7) is 0. The van der Waals surface area contributed by atoms with E-state index < -0.39 is 0 Å². The van der Waals surface area contributed by atoms with Gasteiger partial charge in [0.05, 0.1) is 5.69 Å². The van der Waals surface area contributed by atoms with E-state index >= 15 is 0 Å². The molecule has 0 aromatic carbocycles. The molecule has 2 aromatic rings. The molecule has 2 aliphatic rings. The number of nitrogens with one attached hydrogen (secondary N) is 1. The molecular weight excluding hydrogens is 266 g/mol. The van der Waals surface area contributed by atoms with E-state index in [1.807, 2.05) is 12.1 Å². The van der Waals surface area contributed by atoms with Gasteiger partial charge in [0.2, 0.25) is 5.91 Å². The van der Waals surface area contributed by atoms with Gasteiger partial charge in [-0.25, -0.2) is 14.6 Å². The zero-order valence-electron chi connectivity index (χ0n) is 11.6. The first-order chi connectivity index (χ1) is 10.3. The molecule has 1 N–H and O–H groups in total. The molecule has 2 heterocycles. The lowest BCUT2D eigenvalue weighted by Gasteiger charge is -2.21. The number of aromatic nitrogens is 4. The molecule has 2 bridgehead atoms. The largest absolute Gasteiger partial charge is 0.323 e. The van der Waals surface area contributed by atoms with Crippen LogP contribution in [0.4, 0.5) is 5.69 Å². The number of hydrogen-bond donors (Lipinski definition) is 1. The second-order valence-corrected chi connectivity index (χ2v) is 5.99. The van der Waals surface area contributed by atoms with E-state index in [1.54, 1.807) is 17.2 Å². The molecule has 6 nitrogen and oxygen atoms in total. The van der Waals surface area contributed by atoms with Crippen LogP contribution in [-0.2, 0) is 4.79 Å². The Kier molecular flexibility index (Phi) is 2.94. The molecule has 3 atom stereocenters. The van der Waals surface area contributed by atoms with E-state index in [1.165, 1.54) is 25.6 Å². The minimum absolute atomic E-state index is 0.122. The molecule has 1 amide bonds. The van der Waals surface area contributed by atoms with Gasteiger partial charge >= 0.3 is 0 Å². The van der Waals surface area contributed by atoms with Crippen LogP contribution in [0.25, 0.3) is 5.82 Å². The summed E-state index contributed by atoms with van der Waals surface area (Å²) in [6.07, 6.45) is 9.48. The summed E-state index contributed by atoms with van der Waals surface area (Å²) in [5.74, 6) is 2.21. The number of amides is 1. The molecule has 0 radical (unpaired) electrons. The maximum atomic E-state index is 12.5. The molecule has 2 aromatic heterocycles. The van der Waals surface area contributed by atoms with Crippen molar-refractivity contribution in [3.8, 4) is 5.82 Å². The number of pyridine rings is 1. The normalized spacial score (nSPS) is 27.0. The first kappa shape index (κ1) is 12.5. The Hall–Kier alpha value is -2.24. The standard InChI is InChI=1S/C15H17N5O/c21-15(12-7-10-3-4-11(12)6-10)19-13-2-1-5-17-14(13)20-9-16-8-18-20/h1-2,5,8-12H,3-4,6-7H2,(H,19,21)/t10-,11-,12-/m0/s1. The molecule has 2 saturated carbocycles. The molecule has 0 spiro atoms. The molecule has 2 aliphatic carbocycles. The van der Waals surface area contributed by atoms with Crippen LogP contribution in [0, 0.1) is 17.8 Å². The second-order valence-electron chi connectivity index (χ2n) is 5.99. The molecule has 0 unspecified atom stereocenters. The van der Waals surface area contributed by atoms with Crippen LogP contribution in [0.2, 0.25) is 0 Å². The van der Waals surface area contributed by atoms with Gasteiger partial charge in [0.1, 0.15) is 12.7 Å². The van der Waals surface area contributed by atoms with Crippen molar-refractivity contribution in [1.29, 1.82) is 0 Å². The number of carbonyl (C=O) groups excluding carboxylic acids is 1. The summed E-state index contributed by atoms with van der Waals surface area (Å²) in [5.41, 5.74) is 0.691. The smallest absolute Gasteiger partial charge is 0.227 e. The fraction of sp³-hybridized carbons (Fsp3) is 0.467. The van der Waals surface area contributed by atoms with Gasteiger partial charge in [-0.1, -0.05) is 6.42 Å². The Morgan fingerprint density at radius 3 is 3.00 bits per heavy atom. The molecule has 108 valence electrons. The molecule has 2 fully saturated rings. The summed E-state index contributed by atoms with van der Waals surface area (Å²) >= 11 is 0. The van der Waals surface area contributed by atoms with Crippen LogP contribution in [-0.4, -0.2) is 25.7 Å². The van der Waals surface area contributed by atoms with Crippen molar-refractivity contribution in [1.82, 2.24) is 19.7 Å². The Bertz CT molecular complexity index is 654. The summed E-state index contributed by atoms with van der Waals surface area (Å²) in [4.78, 5) is 20.8. The number of anilines is 1. The van der Waals surface area contributed by atoms with Crippen molar-refractivity contribution in [2.24, 2.45) is 17.8 Å². The highest BCUT2D eigenvalue weighted by atomic mass is 16.1. The number of carbonyl (C=O) groups is 1. The predicted molar refractivity (Wildman–Crippen MR) is 76.7 cm³/mol. The van der Waals surface area contributed by atoms with Crippen molar-refractivity contribution < 1.29 is 4.79 Å². The van der Waals surface area contributed by atoms with E-state index in [0.717, 1.165) is 12.3 Å². The number of fused-ring (bicyclic) bond motifs is 2. The second kappa shape index (κ2) is 4.95. The van der Waals surface area contributed by atoms with Crippen LogP contribution in [0.15, 0.2) is 31.0 Å². The zero-order chi connectivity index (χ0) is 14.2. The van der Waals surface area contributed by atoms with Crippen molar-refractivity contribution >= 4 is 11.6 Å². The molecule has 0 aliphatic heterocycles. The lowest BCUT2D eigenvalue weighted by Crippen LogP contribution is -2.27. The fourth-order valence-electron chi connectivity index (χ4n) is 3.79. The minimum Gasteiger partial charge on any atom is -0.323 e. The first-order valence-electron chi connectivity index (χ1n) is 7.42. The Labute approximate surface area is 122 Å². The molecular formula is C15H17N5O. The maximum absolute atomic E-state index is 12.5. The van der Waals surface area contributed by atoms with Crippen LogP contribution in [0.3, 0.4) is 0 Å². The van der Waals surface area contributed by atoms with Crippen LogP contribution >= 0.6 is 0 Å². The third-order valence-electron chi connectivity index (χ3n) is 4.76. The Morgan fingerprint density at radius 2 is 2.29 bits per heavy atom. The Morgan fingerprint density at radius 1 is 1.33 bits per heavy atom. The molecule has 0 saturated heterocycles. The highest BCUT2D eigenvalue weighted by molar-refractivity contribution is 5.94. The quantitative estimate of drug-likeness (QED) is 0.935. The average molecular weight is 283 g/mol. The minimum atomic E-state index is 0.122. The van der Waals surface area contributed by atoms with Crippen LogP contribution in [0.1, 0.15) is 25.7 Å². The van der Waals surface area contributed by atoms with Gasteiger partial charge in [-0.2, -0.15) is 5.10 Å². The Balaban J connectivity index is 1.56. The van der Waals surface area contributed by atoms with Gasteiger partial charge in [0.25, 0.3) is 0 Å². The third-order valence-corrected chi connectivity index (χ3v) is 4.76. The lowest BCUT2D eigenvalue weighted by atomic mass is 9.88. The first-order valence-corrected chi connectivity index (χ1v) is 7.42. The van der Waals surface area contributed by atoms with Crippen molar-refractivity contribution in [2.75, 3.05) is 5.32 Å². The SMILES string of the molecule is O=C(Nc1cccnc1-n1cncn1)[C@H]1C[C@H]2CC[C@H]1C2. The van der Waals surface area contributed by atoms with Crippen LogP contribution in [0.5, 0.6) is 0 Å². The number of nitrogens with zero attached hydrogens (tertiary/aromatic N) is 4. The molecule has 6 heteroatoms. The van der Waals surface area contributed by atoms with E-state index in [-0.39, 0.29) is 11.8 Å². The average Bonchev–Trinajstić information content (AvgIpc) is 3.25. The van der Waals surface area contributed by atoms with Gasteiger partial charge < -0.3 is 5.32 Å². The summed E-state index contributed by atoms with van der Waals surface area (Å²) in [5, 5.41) is 7.12. The topological polar surface area (TPSA) is 72.7 Å². The van der Waals surface area contributed by atoms with Gasteiger partial charge in [0, 0.05) is 12.1 Å². The van der Waals surface area contributed by atoms with Crippen LogP contribution < -0.4 is 5.32 Å². The lowest BCUT2D eigenvalue weighted by molar-refractivity contribution is -0.121. The molecule has 4 rings (SSSR count). The monoisotopic (exact) mass is 283 g/mol. The maximum Gasteiger partial charge on any atom is 0.227 e. The summed E-state index contributed by atoms with van der Waals surface area (Å²) < 4.78 is 1.57. The van der Waals surface area contributed by atoms with Gasteiger partial charge in [-0.05, 0) is 43.2 Å². The van der Waals surface area contributed by atoms with E-state index in [4.69, 9.17) is 0 Å². The number of hydrogen-bond acceptors (Lipinski definition) is 4. The van der Waals surface area contributed by atoms with E-state index in [0.29, 0.717) is 17.4 Å². The van der Waals surface area contributed by atoms with E-state index in [9.17, 15) is 4.79 Å². The van der Waals surface area contributed by atoms with Crippen molar-refractivity contribution in [3.05, 3.63) is 31.0 Å². The zero-order valence-corrected chi connectivity index (χ0v) is 11.6. The summed E-state index contributed by atoms with van der Waals surface area (Å²) in [7, 11) is 0. The van der Waals surface area contributed by atoms with Gasteiger partial charge in [-0.15, -0.1) is 0 Å². The third kappa shape index (κ3) is 2.20. The van der Waals surface area contributed by atoms with Crippen molar-refractivity contribution in [3.63, 3.8) is 0 Å².